The number of halogens is 2. The third-order valence-corrected chi connectivity index (χ3v) is 3.81. The second-order valence-electron chi connectivity index (χ2n) is 5.34. The Morgan fingerprint density at radius 1 is 1.32 bits per heavy atom. The maximum Gasteiger partial charge on any atom is 0.149 e. The monoisotopic (exact) mass is 268 g/mol. The molecule has 0 amide bonds. The van der Waals surface area contributed by atoms with Gasteiger partial charge >= 0.3 is 0 Å². The lowest BCUT2D eigenvalue weighted by molar-refractivity contribution is 0.526. The predicted octanol–water partition coefficient (Wildman–Crippen LogP) is 3.09. The van der Waals surface area contributed by atoms with Gasteiger partial charge in [0, 0.05) is 13.1 Å². The minimum absolute atomic E-state index is 0.138. The fraction of sp³-hybridized carbons (Fsp3) is 0.600. The number of rotatable bonds is 5. The van der Waals surface area contributed by atoms with Gasteiger partial charge in [0.15, 0.2) is 0 Å². The molecule has 1 aliphatic heterocycles. The number of hydrogen-bond donors (Lipinski definition) is 1. The van der Waals surface area contributed by atoms with Gasteiger partial charge in [-0.15, -0.1) is 0 Å². The van der Waals surface area contributed by atoms with Crippen LogP contribution in [0.1, 0.15) is 31.7 Å². The molecule has 1 aliphatic rings. The molecule has 2 nitrogen and oxygen atoms in total. The first-order valence-electron chi connectivity index (χ1n) is 7.08. The summed E-state index contributed by atoms with van der Waals surface area (Å²) in [5, 5.41) is 0. The van der Waals surface area contributed by atoms with Crippen molar-refractivity contribution in [1.29, 1.82) is 0 Å². The molecule has 1 aromatic rings. The molecule has 1 saturated heterocycles. The summed E-state index contributed by atoms with van der Waals surface area (Å²) in [6.45, 7) is 4.05. The van der Waals surface area contributed by atoms with Crippen LogP contribution < -0.4 is 10.6 Å². The van der Waals surface area contributed by atoms with Gasteiger partial charge in [-0.05, 0) is 49.4 Å². The smallest absolute Gasteiger partial charge is 0.149 e. The number of nitrogens with zero attached hydrogens (tertiary/aromatic N) is 1. The molecule has 0 spiro atoms. The average molecular weight is 268 g/mol. The summed E-state index contributed by atoms with van der Waals surface area (Å²) in [4.78, 5) is 1.84. The Morgan fingerprint density at radius 3 is 2.58 bits per heavy atom. The summed E-state index contributed by atoms with van der Waals surface area (Å²) in [5.74, 6) is -0.353. The van der Waals surface area contributed by atoms with Crippen molar-refractivity contribution in [3.8, 4) is 0 Å². The van der Waals surface area contributed by atoms with E-state index in [0.29, 0.717) is 24.4 Å². The van der Waals surface area contributed by atoms with E-state index in [-0.39, 0.29) is 5.69 Å². The highest BCUT2D eigenvalue weighted by atomic mass is 19.1. The van der Waals surface area contributed by atoms with Crippen LogP contribution in [0.15, 0.2) is 12.1 Å². The first-order chi connectivity index (χ1) is 9.15. The highest BCUT2D eigenvalue weighted by molar-refractivity contribution is 5.51. The molecule has 4 heteroatoms. The Balaban J connectivity index is 2.16. The van der Waals surface area contributed by atoms with E-state index in [0.717, 1.165) is 32.4 Å². The Morgan fingerprint density at radius 2 is 2.00 bits per heavy atom. The van der Waals surface area contributed by atoms with Gasteiger partial charge in [-0.2, -0.15) is 0 Å². The molecule has 2 N–H and O–H groups in total. The van der Waals surface area contributed by atoms with Crippen molar-refractivity contribution in [2.75, 3.05) is 24.5 Å². The molecule has 19 heavy (non-hydrogen) atoms. The molecule has 0 aromatic heterocycles. The number of nitrogens with two attached hydrogens (primary N) is 1. The van der Waals surface area contributed by atoms with Crippen LogP contribution in [-0.2, 0) is 6.42 Å². The molecule has 1 heterocycles. The van der Waals surface area contributed by atoms with Gasteiger partial charge in [-0.1, -0.05) is 13.3 Å². The maximum absolute atomic E-state index is 14.1. The normalized spacial score (nSPS) is 19.2. The summed E-state index contributed by atoms with van der Waals surface area (Å²) >= 11 is 0. The molecule has 0 bridgehead atoms. The van der Waals surface area contributed by atoms with E-state index in [2.05, 4.69) is 6.92 Å². The third-order valence-electron chi connectivity index (χ3n) is 3.81. The first-order valence-corrected chi connectivity index (χ1v) is 7.08. The van der Waals surface area contributed by atoms with E-state index in [4.69, 9.17) is 5.73 Å². The van der Waals surface area contributed by atoms with Gasteiger partial charge in [-0.25, -0.2) is 8.78 Å². The van der Waals surface area contributed by atoms with Crippen LogP contribution in [-0.4, -0.2) is 19.6 Å². The minimum Gasteiger partial charge on any atom is -0.367 e. The fourth-order valence-electron chi connectivity index (χ4n) is 2.91. The van der Waals surface area contributed by atoms with Gasteiger partial charge in [0.05, 0.1) is 0 Å². The molecule has 0 radical (unpaired) electrons. The Hall–Kier alpha value is -1.16. The molecule has 1 aromatic carbocycles. The van der Waals surface area contributed by atoms with Gasteiger partial charge in [-0.3, -0.25) is 0 Å². The molecule has 2 rings (SSSR count). The summed E-state index contributed by atoms with van der Waals surface area (Å²) < 4.78 is 28.2. The van der Waals surface area contributed by atoms with Crippen molar-refractivity contribution >= 4 is 5.69 Å². The van der Waals surface area contributed by atoms with Crippen LogP contribution in [0.2, 0.25) is 0 Å². The molecular formula is C15H22F2N2. The van der Waals surface area contributed by atoms with E-state index in [1.807, 2.05) is 4.90 Å². The van der Waals surface area contributed by atoms with Gasteiger partial charge in [0.25, 0.3) is 0 Å². The van der Waals surface area contributed by atoms with E-state index in [9.17, 15) is 8.78 Å². The standard InChI is InChI=1S/C15H22F2N2/c1-2-3-11-5-7-19(10-11)15-13(16)8-12(4-6-18)9-14(15)17/h8-9,11H,2-7,10,18H2,1H3. The third kappa shape index (κ3) is 3.24. The van der Waals surface area contributed by atoms with Crippen molar-refractivity contribution in [2.45, 2.75) is 32.6 Å². The van der Waals surface area contributed by atoms with Crippen molar-refractivity contribution in [3.63, 3.8) is 0 Å². The highest BCUT2D eigenvalue weighted by Crippen LogP contribution is 2.31. The van der Waals surface area contributed by atoms with Gasteiger partial charge < -0.3 is 10.6 Å². The number of hydrogen-bond acceptors (Lipinski definition) is 2. The lowest BCUT2D eigenvalue weighted by atomic mass is 10.0. The van der Waals surface area contributed by atoms with Crippen LogP contribution in [0.5, 0.6) is 0 Å². The van der Waals surface area contributed by atoms with Gasteiger partial charge in [0.1, 0.15) is 17.3 Å². The number of benzene rings is 1. The van der Waals surface area contributed by atoms with E-state index in [1.165, 1.54) is 12.1 Å². The van der Waals surface area contributed by atoms with Crippen molar-refractivity contribution in [1.82, 2.24) is 0 Å². The SMILES string of the molecule is CCCC1CCN(c2c(F)cc(CCN)cc2F)C1. The maximum atomic E-state index is 14.1. The van der Waals surface area contributed by atoms with E-state index in [1.54, 1.807) is 0 Å². The summed E-state index contributed by atoms with van der Waals surface area (Å²) in [6, 6.07) is 2.83. The van der Waals surface area contributed by atoms with Crippen LogP contribution in [0.4, 0.5) is 14.5 Å². The average Bonchev–Trinajstić information content (AvgIpc) is 2.77. The van der Waals surface area contributed by atoms with Crippen LogP contribution >= 0.6 is 0 Å². The zero-order chi connectivity index (χ0) is 13.8. The predicted molar refractivity (Wildman–Crippen MR) is 74.3 cm³/mol. The lowest BCUT2D eigenvalue weighted by Crippen LogP contribution is -2.22. The molecule has 1 fully saturated rings. The summed E-state index contributed by atoms with van der Waals surface area (Å²) in [6.07, 6.45) is 3.79. The zero-order valence-electron chi connectivity index (χ0n) is 11.5. The Kier molecular flexibility index (Phi) is 4.75. The van der Waals surface area contributed by atoms with Gasteiger partial charge in [0.2, 0.25) is 0 Å². The number of anilines is 1. The topological polar surface area (TPSA) is 29.3 Å². The minimum atomic E-state index is -0.458. The first kappa shape index (κ1) is 14.3. The second-order valence-corrected chi connectivity index (χ2v) is 5.34. The fourth-order valence-corrected chi connectivity index (χ4v) is 2.91. The van der Waals surface area contributed by atoms with Crippen LogP contribution in [0.25, 0.3) is 0 Å². The Labute approximate surface area is 113 Å². The summed E-state index contributed by atoms with van der Waals surface area (Å²) in [5.41, 5.74) is 6.19. The largest absolute Gasteiger partial charge is 0.367 e. The molecular weight excluding hydrogens is 246 g/mol. The quantitative estimate of drug-likeness (QED) is 0.889. The molecule has 1 atom stereocenters. The van der Waals surface area contributed by atoms with E-state index >= 15 is 0 Å². The highest BCUT2D eigenvalue weighted by Gasteiger charge is 2.26. The molecule has 1 unspecified atom stereocenters. The van der Waals surface area contributed by atoms with Crippen molar-refractivity contribution < 1.29 is 8.78 Å². The molecule has 0 saturated carbocycles. The Bertz CT molecular complexity index is 411. The second kappa shape index (κ2) is 6.33. The van der Waals surface area contributed by atoms with Crippen LogP contribution in [0, 0.1) is 17.6 Å². The summed E-state index contributed by atoms with van der Waals surface area (Å²) in [7, 11) is 0. The van der Waals surface area contributed by atoms with Crippen molar-refractivity contribution in [2.24, 2.45) is 11.7 Å². The lowest BCUT2D eigenvalue weighted by Gasteiger charge is -2.20. The molecule has 0 aliphatic carbocycles. The van der Waals surface area contributed by atoms with Crippen molar-refractivity contribution in [3.05, 3.63) is 29.3 Å². The van der Waals surface area contributed by atoms with E-state index < -0.39 is 11.6 Å². The zero-order valence-corrected chi connectivity index (χ0v) is 11.5. The molecule has 106 valence electrons. The van der Waals surface area contributed by atoms with Crippen LogP contribution in [0.3, 0.4) is 0 Å².